The van der Waals surface area contributed by atoms with E-state index in [-0.39, 0.29) is 17.9 Å². The molecule has 2 rings (SSSR count). The van der Waals surface area contributed by atoms with Crippen molar-refractivity contribution in [2.75, 3.05) is 19.6 Å². The summed E-state index contributed by atoms with van der Waals surface area (Å²) in [6.45, 7) is 10.2. The van der Waals surface area contributed by atoms with E-state index in [2.05, 4.69) is 15.6 Å². The smallest absolute Gasteiger partial charge is 0.410 e. The lowest BCUT2D eigenvalue weighted by molar-refractivity contribution is 0.0193. The summed E-state index contributed by atoms with van der Waals surface area (Å²) in [6.07, 6.45) is 1.64. The molecule has 1 aliphatic heterocycles. The fraction of sp³-hybridized carbons (Fsp3) is 0.600. The summed E-state index contributed by atoms with van der Waals surface area (Å²) in [7, 11) is 0. The second-order valence-corrected chi connectivity index (χ2v) is 7.77. The number of benzene rings is 1. The summed E-state index contributed by atoms with van der Waals surface area (Å²) >= 11 is 0. The number of nitrogens with zero attached hydrogens (tertiary/aromatic N) is 2. The number of phenolic OH excluding ortho intramolecular Hbond substituents is 1. The molecule has 7 nitrogen and oxygen atoms in total. The molecule has 0 aliphatic carbocycles. The Hall–Kier alpha value is -2.44. The van der Waals surface area contributed by atoms with E-state index in [1.165, 1.54) is 0 Å². The minimum absolute atomic E-state index is 0.129. The normalized spacial score (nSPS) is 18.1. The van der Waals surface area contributed by atoms with E-state index >= 15 is 0 Å². The lowest BCUT2D eigenvalue weighted by Crippen LogP contribution is -2.53. The molecule has 0 spiro atoms. The van der Waals surface area contributed by atoms with Crippen LogP contribution in [0.4, 0.5) is 4.79 Å². The van der Waals surface area contributed by atoms with Crippen LogP contribution in [0.15, 0.2) is 29.3 Å². The van der Waals surface area contributed by atoms with Gasteiger partial charge >= 0.3 is 6.09 Å². The molecule has 0 saturated carbocycles. The summed E-state index contributed by atoms with van der Waals surface area (Å²) < 4.78 is 5.49. The van der Waals surface area contributed by atoms with Gasteiger partial charge in [-0.1, -0.05) is 12.1 Å². The number of ether oxygens (including phenoxy) is 1. The third kappa shape index (κ3) is 7.37. The van der Waals surface area contributed by atoms with Crippen molar-refractivity contribution in [2.24, 2.45) is 4.99 Å². The number of aliphatic imine (C=N–C) groups is 1. The molecule has 1 amide bonds. The number of likely N-dealkylation sites (tertiary alicyclic amines) is 1. The van der Waals surface area contributed by atoms with Gasteiger partial charge < -0.3 is 25.4 Å². The monoisotopic (exact) mass is 376 g/mol. The molecule has 1 unspecified atom stereocenters. The van der Waals surface area contributed by atoms with Crippen LogP contribution in [-0.2, 0) is 11.3 Å². The van der Waals surface area contributed by atoms with E-state index in [1.54, 1.807) is 17.0 Å². The predicted octanol–water partition coefficient (Wildman–Crippen LogP) is 2.85. The van der Waals surface area contributed by atoms with Crippen LogP contribution in [0.2, 0.25) is 0 Å². The third-order valence-corrected chi connectivity index (χ3v) is 4.11. The highest BCUT2D eigenvalue weighted by molar-refractivity contribution is 5.80. The van der Waals surface area contributed by atoms with Gasteiger partial charge in [0, 0.05) is 25.7 Å². The fourth-order valence-corrected chi connectivity index (χ4v) is 2.87. The number of phenols is 1. The maximum Gasteiger partial charge on any atom is 0.410 e. The summed E-state index contributed by atoms with van der Waals surface area (Å²) in [5.41, 5.74) is 0.529. The zero-order valence-electron chi connectivity index (χ0n) is 16.8. The summed E-state index contributed by atoms with van der Waals surface area (Å²) in [4.78, 5) is 18.7. The standard InChI is InChI=1S/C20H32N4O3/c1-5-21-18(22-13-15-8-10-17(25)11-9-15)23-16-7-6-12-24(14-16)19(26)27-20(2,3)4/h8-11,16,25H,5-7,12-14H2,1-4H3,(H2,21,22,23). The number of guanidine groups is 1. The molecule has 1 saturated heterocycles. The first-order valence-corrected chi connectivity index (χ1v) is 9.57. The van der Waals surface area contributed by atoms with Gasteiger partial charge in [-0.05, 0) is 58.2 Å². The van der Waals surface area contributed by atoms with E-state index in [1.807, 2.05) is 39.8 Å². The number of hydrogen-bond acceptors (Lipinski definition) is 4. The molecule has 0 aromatic heterocycles. The Morgan fingerprint density at radius 3 is 2.67 bits per heavy atom. The summed E-state index contributed by atoms with van der Waals surface area (Å²) in [6, 6.07) is 7.15. The Balaban J connectivity index is 1.95. The molecule has 1 fully saturated rings. The van der Waals surface area contributed by atoms with Crippen molar-refractivity contribution >= 4 is 12.1 Å². The van der Waals surface area contributed by atoms with Gasteiger partial charge in [0.25, 0.3) is 0 Å². The number of piperidine rings is 1. The maximum atomic E-state index is 12.3. The SMILES string of the molecule is CCNC(=NCc1ccc(O)cc1)NC1CCCN(C(=O)OC(C)(C)C)C1. The number of aromatic hydroxyl groups is 1. The van der Waals surface area contributed by atoms with E-state index in [0.29, 0.717) is 19.6 Å². The second kappa shape index (κ2) is 9.48. The Bertz CT molecular complexity index is 638. The van der Waals surface area contributed by atoms with Crippen LogP contribution in [0.1, 0.15) is 46.1 Å². The number of carbonyl (C=O) groups excluding carboxylic acids is 1. The van der Waals surface area contributed by atoms with Crippen molar-refractivity contribution in [1.82, 2.24) is 15.5 Å². The number of hydrogen-bond donors (Lipinski definition) is 3. The highest BCUT2D eigenvalue weighted by Crippen LogP contribution is 2.15. The van der Waals surface area contributed by atoms with Gasteiger partial charge in [0.15, 0.2) is 5.96 Å². The van der Waals surface area contributed by atoms with Gasteiger partial charge in [-0.15, -0.1) is 0 Å². The highest BCUT2D eigenvalue weighted by atomic mass is 16.6. The number of carbonyl (C=O) groups is 1. The van der Waals surface area contributed by atoms with Crippen LogP contribution >= 0.6 is 0 Å². The first-order chi connectivity index (χ1) is 12.8. The number of rotatable bonds is 4. The van der Waals surface area contributed by atoms with Gasteiger partial charge in [-0.2, -0.15) is 0 Å². The average Bonchev–Trinajstić information content (AvgIpc) is 2.60. The van der Waals surface area contributed by atoms with Crippen molar-refractivity contribution in [3.63, 3.8) is 0 Å². The first kappa shape index (κ1) is 20.9. The zero-order chi connectivity index (χ0) is 19.9. The third-order valence-electron chi connectivity index (χ3n) is 4.11. The van der Waals surface area contributed by atoms with Gasteiger partial charge in [0.1, 0.15) is 11.4 Å². The molecular formula is C20H32N4O3. The summed E-state index contributed by atoms with van der Waals surface area (Å²) in [5.74, 6) is 0.971. The second-order valence-electron chi connectivity index (χ2n) is 7.77. The molecule has 0 radical (unpaired) electrons. The maximum absolute atomic E-state index is 12.3. The number of amides is 1. The predicted molar refractivity (Wildman–Crippen MR) is 107 cm³/mol. The van der Waals surface area contributed by atoms with Crippen molar-refractivity contribution < 1.29 is 14.6 Å². The van der Waals surface area contributed by atoms with Crippen LogP contribution in [0.3, 0.4) is 0 Å². The van der Waals surface area contributed by atoms with Gasteiger partial charge in [-0.3, -0.25) is 0 Å². The molecule has 7 heteroatoms. The van der Waals surface area contributed by atoms with Crippen molar-refractivity contribution in [3.8, 4) is 5.75 Å². The van der Waals surface area contributed by atoms with Crippen molar-refractivity contribution in [2.45, 2.75) is 58.7 Å². The van der Waals surface area contributed by atoms with Crippen LogP contribution in [0.25, 0.3) is 0 Å². The largest absolute Gasteiger partial charge is 0.508 e. The van der Waals surface area contributed by atoms with Gasteiger partial charge in [0.05, 0.1) is 6.54 Å². The highest BCUT2D eigenvalue weighted by Gasteiger charge is 2.27. The summed E-state index contributed by atoms with van der Waals surface area (Å²) in [5, 5.41) is 16.0. The zero-order valence-corrected chi connectivity index (χ0v) is 16.8. The van der Waals surface area contributed by atoms with Crippen LogP contribution in [0.5, 0.6) is 5.75 Å². The average molecular weight is 377 g/mol. The fourth-order valence-electron chi connectivity index (χ4n) is 2.87. The van der Waals surface area contributed by atoms with Crippen molar-refractivity contribution in [1.29, 1.82) is 0 Å². The molecule has 1 aromatic rings. The Morgan fingerprint density at radius 1 is 1.33 bits per heavy atom. The topological polar surface area (TPSA) is 86.2 Å². The molecular weight excluding hydrogens is 344 g/mol. The van der Waals surface area contributed by atoms with E-state index in [9.17, 15) is 9.90 Å². The minimum atomic E-state index is -0.488. The Kier molecular flexibility index (Phi) is 7.33. The van der Waals surface area contributed by atoms with Gasteiger partial charge in [0.2, 0.25) is 0 Å². The molecule has 150 valence electrons. The number of nitrogens with one attached hydrogen (secondary N) is 2. The molecule has 27 heavy (non-hydrogen) atoms. The molecule has 1 aliphatic rings. The van der Waals surface area contributed by atoms with Crippen LogP contribution < -0.4 is 10.6 Å². The van der Waals surface area contributed by atoms with E-state index in [0.717, 1.165) is 30.9 Å². The Morgan fingerprint density at radius 2 is 2.04 bits per heavy atom. The van der Waals surface area contributed by atoms with Crippen LogP contribution in [0, 0.1) is 0 Å². The molecule has 1 heterocycles. The Labute approximate surface area is 161 Å². The molecule has 1 aromatic carbocycles. The van der Waals surface area contributed by atoms with Crippen LogP contribution in [-0.4, -0.2) is 53.3 Å². The quantitative estimate of drug-likeness (QED) is 0.556. The minimum Gasteiger partial charge on any atom is -0.508 e. The van der Waals surface area contributed by atoms with Crippen molar-refractivity contribution in [3.05, 3.63) is 29.8 Å². The van der Waals surface area contributed by atoms with E-state index in [4.69, 9.17) is 4.74 Å². The first-order valence-electron chi connectivity index (χ1n) is 9.57. The molecule has 0 bridgehead atoms. The molecule has 1 atom stereocenters. The van der Waals surface area contributed by atoms with E-state index < -0.39 is 5.60 Å². The van der Waals surface area contributed by atoms with Gasteiger partial charge in [-0.25, -0.2) is 9.79 Å². The lowest BCUT2D eigenvalue weighted by Gasteiger charge is -2.35. The lowest BCUT2D eigenvalue weighted by atomic mass is 10.1. The molecule has 3 N–H and O–H groups in total.